The first kappa shape index (κ1) is 80.9. The Labute approximate surface area is 516 Å². The van der Waals surface area contributed by atoms with Gasteiger partial charge in [0.2, 0.25) is 0 Å². The van der Waals surface area contributed by atoms with Crippen molar-refractivity contribution in [2.45, 2.75) is 72.5 Å². The van der Waals surface area contributed by atoms with Crippen LogP contribution in [0.4, 0.5) is 101 Å². The quantitative estimate of drug-likeness (QED) is 0.0184. The zero-order valence-electron chi connectivity index (χ0n) is 48.0. The first-order valence-electron chi connectivity index (χ1n) is 25.9. The number of aliphatic hydroxyl groups excluding tert-OH is 1. The number of fused-ring (bicyclic) bond motifs is 1. The van der Waals surface area contributed by atoms with Gasteiger partial charge >= 0.3 is 30.9 Å². The van der Waals surface area contributed by atoms with Gasteiger partial charge in [0, 0.05) is 35.6 Å². The molecule has 1 amide bonds. The van der Waals surface area contributed by atoms with Crippen molar-refractivity contribution in [3.63, 3.8) is 0 Å². The highest BCUT2D eigenvalue weighted by Crippen LogP contribution is 2.49. The van der Waals surface area contributed by atoms with Gasteiger partial charge in [-0.25, -0.2) is 40.2 Å². The van der Waals surface area contributed by atoms with E-state index in [1.54, 1.807) is 0 Å². The van der Waals surface area contributed by atoms with Gasteiger partial charge in [-0.3, -0.25) is 14.4 Å². The SMILES string of the molecule is C=C[C@H](OCC(=NO)c1cccc(F)c1F)C(F)(F)F.C=C[C@H](OCC(=O)N(C)OC)C(F)(F)F.C=C[C@H](OCC(=O)c1cccc(F)c1F)C(F)(F)F.Fc1cccc([C@]23CO[C@H](C(F)(F)F)[C@H]2CON3)c1F.N[C@@]1(c2cccc(F)c2F)CO[C@H](C(F)(F)F)[C@H]1CO. The Bertz CT molecular complexity index is 3210. The molecule has 3 aliphatic rings. The number of halogens is 23. The number of nitrogens with one attached hydrogen (secondary N) is 1. The molecule has 3 aliphatic heterocycles. The Kier molecular flexibility index (Phi) is 29.2. The van der Waals surface area contributed by atoms with Crippen molar-refractivity contribution in [1.82, 2.24) is 10.5 Å². The van der Waals surface area contributed by atoms with E-state index in [1.807, 2.05) is 0 Å². The standard InChI is InChI=1S/C12H10F5NO2.C12H12F5NO2.C12H10F5NO2.C12H9F5O2.C8H12F3NO3/c13-8-3-1-2-6(9(8)14)11-5-19-10(12(15,16)17)7(11)4-20-18-11;13-8-3-1-2-6(9(8)14)11(18)5-20-10(7(11)4-19)12(15,16)17;1-2-10(12(15,16)17)20-6-9(18-19)7-4-3-5-8(13)11(7)14;1-2-10(12(15,16)17)19-6-9(18)7-4-3-5-8(13)11(7)14;1-4-6(8(9,10)11)15-5-7(13)12(2)14-3/h1-3,7,10,18H,4-5H2;1-3,7,10,19H,4-5,18H2;2-5,10,19H,1,6H2;2-5,10H,1,6H2;4,6H,1,5H2,2-3H3/t2*7-,10+,11-;2*10-;6-/m11000/s1. The Morgan fingerprint density at radius 1 is 0.628 bits per heavy atom. The van der Waals surface area contributed by atoms with E-state index < -0.39 is 205 Å². The van der Waals surface area contributed by atoms with Crippen molar-refractivity contribution in [1.29, 1.82) is 0 Å². The predicted octanol–water partition coefficient (Wildman–Crippen LogP) is 11.7. The summed E-state index contributed by atoms with van der Waals surface area (Å²) in [4.78, 5) is 31.8. The molecule has 15 nitrogen and oxygen atoms in total. The second-order valence-corrected chi connectivity index (χ2v) is 19.3. The number of ether oxygens (including phenoxy) is 5. The van der Waals surface area contributed by atoms with Gasteiger partial charge in [-0.2, -0.15) is 71.3 Å². The average Bonchev–Trinajstić information content (AvgIpc) is 1.58. The molecule has 0 spiro atoms. The number of amides is 1. The van der Waals surface area contributed by atoms with Crippen LogP contribution in [0, 0.1) is 58.4 Å². The van der Waals surface area contributed by atoms with E-state index in [-0.39, 0.29) is 12.2 Å². The van der Waals surface area contributed by atoms with E-state index >= 15 is 0 Å². The summed E-state index contributed by atoms with van der Waals surface area (Å²) in [7, 11) is 2.48. The largest absolute Gasteiger partial charge is 0.418 e. The number of ketones is 1. The number of Topliss-reactive ketones (excluding diaryl/α,β-unsaturated/α-hetero) is 1. The van der Waals surface area contributed by atoms with Gasteiger partial charge in [-0.15, -0.1) is 19.7 Å². The summed E-state index contributed by atoms with van der Waals surface area (Å²) in [6, 6.07) is 12.2. The molecule has 5 N–H and O–H groups in total. The van der Waals surface area contributed by atoms with Crippen LogP contribution < -0.4 is 11.2 Å². The molecule has 3 saturated heterocycles. The molecule has 4 aromatic carbocycles. The fourth-order valence-corrected chi connectivity index (χ4v) is 8.50. The number of rotatable bonds is 18. The molecule has 38 heteroatoms. The Hall–Kier alpha value is -7.30. The van der Waals surface area contributed by atoms with Crippen LogP contribution in [0.25, 0.3) is 0 Å². The number of hydrogen-bond donors (Lipinski definition) is 4. The number of likely N-dealkylation sites (N-methyl/N-ethyl adjacent to an activating group) is 1. The fraction of sp³-hybridized carbons (Fsp3) is 0.411. The number of nitrogens with two attached hydrogens (primary N) is 1. The van der Waals surface area contributed by atoms with E-state index in [9.17, 15) is 116 Å². The number of hydrogen-bond acceptors (Lipinski definition) is 14. The first-order chi connectivity index (χ1) is 43.5. The van der Waals surface area contributed by atoms with Gasteiger partial charge in [-0.05, 0) is 36.4 Å². The van der Waals surface area contributed by atoms with Crippen LogP contribution in [0.3, 0.4) is 0 Å². The Morgan fingerprint density at radius 3 is 1.47 bits per heavy atom. The second-order valence-electron chi connectivity index (χ2n) is 19.3. The summed E-state index contributed by atoms with van der Waals surface area (Å²) in [5.41, 5.74) is 2.34. The van der Waals surface area contributed by atoms with Crippen molar-refractivity contribution in [2.24, 2.45) is 22.7 Å². The monoisotopic (exact) mass is 1390 g/mol. The summed E-state index contributed by atoms with van der Waals surface area (Å²) in [6.45, 7) is 3.86. The summed E-state index contributed by atoms with van der Waals surface area (Å²) in [5, 5.41) is 21.3. The van der Waals surface area contributed by atoms with E-state index in [0.29, 0.717) is 18.2 Å². The molecule has 524 valence electrons. The van der Waals surface area contributed by atoms with Crippen LogP contribution in [0.5, 0.6) is 0 Å². The van der Waals surface area contributed by atoms with Gasteiger partial charge in [-0.1, -0.05) is 59.8 Å². The van der Waals surface area contributed by atoms with Crippen LogP contribution >= 0.6 is 0 Å². The number of benzene rings is 4. The van der Waals surface area contributed by atoms with Crippen LogP contribution in [-0.4, -0.2) is 155 Å². The Morgan fingerprint density at radius 2 is 1.03 bits per heavy atom. The number of aliphatic hydroxyl groups is 1. The molecule has 4 aromatic rings. The minimum atomic E-state index is -4.75. The van der Waals surface area contributed by atoms with Crippen LogP contribution in [-0.2, 0) is 49.2 Å². The lowest BCUT2D eigenvalue weighted by atomic mass is 9.78. The molecule has 7 rings (SSSR count). The minimum Gasteiger partial charge on any atom is -0.411 e. The molecule has 0 saturated carbocycles. The maximum Gasteiger partial charge on any atom is 0.418 e. The lowest BCUT2D eigenvalue weighted by Gasteiger charge is -2.31. The molecule has 0 radical (unpaired) electrons. The maximum absolute atomic E-state index is 13.9. The highest BCUT2D eigenvalue weighted by molar-refractivity contribution is 6.01. The third kappa shape index (κ3) is 20.8. The number of hydroxylamine groups is 3. The zero-order valence-corrected chi connectivity index (χ0v) is 48.0. The van der Waals surface area contributed by atoms with Gasteiger partial charge in [0.15, 0.2) is 82.8 Å². The fourth-order valence-electron chi connectivity index (χ4n) is 8.50. The lowest BCUT2D eigenvalue weighted by molar-refractivity contribution is -0.219. The predicted molar refractivity (Wildman–Crippen MR) is 278 cm³/mol. The summed E-state index contributed by atoms with van der Waals surface area (Å²) in [6.07, 6.45) is -33.0. The summed E-state index contributed by atoms with van der Waals surface area (Å²) < 4.78 is 316. The normalized spacial score (nSPS) is 21.5. The van der Waals surface area contributed by atoms with Gasteiger partial charge in [0.25, 0.3) is 5.91 Å². The molecule has 9 atom stereocenters. The smallest absolute Gasteiger partial charge is 0.411 e. The molecule has 0 aromatic heterocycles. The van der Waals surface area contributed by atoms with Crippen molar-refractivity contribution >= 4 is 17.4 Å². The third-order valence-corrected chi connectivity index (χ3v) is 13.3. The lowest BCUT2D eigenvalue weighted by Crippen LogP contribution is -2.50. The van der Waals surface area contributed by atoms with Gasteiger partial charge in [0.1, 0.15) is 24.5 Å². The van der Waals surface area contributed by atoms with Gasteiger partial charge < -0.3 is 44.6 Å². The Balaban J connectivity index is 0.000000308. The number of nitrogens with zero attached hydrogens (tertiary/aromatic N) is 2. The number of carbonyl (C=O) groups is 2. The van der Waals surface area contributed by atoms with Crippen LogP contribution in [0.1, 0.15) is 27.0 Å². The maximum atomic E-state index is 13.9. The molecule has 0 unspecified atom stereocenters. The average molecular weight is 1400 g/mol. The van der Waals surface area contributed by atoms with E-state index in [0.717, 1.165) is 65.7 Å². The number of oxime groups is 1. The summed E-state index contributed by atoms with van der Waals surface area (Å²) in [5.74, 6) is -14.7. The minimum absolute atomic E-state index is 0.216. The molecule has 3 heterocycles. The van der Waals surface area contributed by atoms with Crippen molar-refractivity contribution < 1.29 is 154 Å². The van der Waals surface area contributed by atoms with Crippen LogP contribution in [0.2, 0.25) is 0 Å². The molecule has 0 bridgehead atoms. The number of alkyl halides is 15. The highest BCUT2D eigenvalue weighted by Gasteiger charge is 2.64. The number of carbonyl (C=O) groups excluding carboxylic acids is 2. The first-order valence-corrected chi connectivity index (χ1v) is 25.9. The topological polar surface area (TPSA) is 193 Å². The van der Waals surface area contributed by atoms with Gasteiger partial charge in [0.05, 0.1) is 51.2 Å². The molecular weight excluding hydrogens is 1340 g/mol. The van der Waals surface area contributed by atoms with E-state index in [1.165, 1.54) is 26.3 Å². The summed E-state index contributed by atoms with van der Waals surface area (Å²) >= 11 is 0. The second kappa shape index (κ2) is 33.9. The zero-order chi connectivity index (χ0) is 71.7. The van der Waals surface area contributed by atoms with E-state index in [2.05, 4.69) is 54.2 Å². The van der Waals surface area contributed by atoms with E-state index in [4.69, 9.17) is 20.5 Å². The molecule has 3 fully saturated rings. The van der Waals surface area contributed by atoms with Crippen molar-refractivity contribution in [3.8, 4) is 0 Å². The van der Waals surface area contributed by atoms with Crippen molar-refractivity contribution in [3.05, 3.63) is 180 Å². The molecule has 94 heavy (non-hydrogen) atoms. The molecular formula is C56H53F23N4O11. The highest BCUT2D eigenvalue weighted by atomic mass is 19.4. The molecule has 0 aliphatic carbocycles. The third-order valence-electron chi connectivity index (χ3n) is 13.3. The van der Waals surface area contributed by atoms with Crippen LogP contribution in [0.15, 0.2) is 116 Å². The van der Waals surface area contributed by atoms with Crippen molar-refractivity contribution in [2.75, 3.05) is 60.4 Å².